The van der Waals surface area contributed by atoms with Gasteiger partial charge in [0.05, 0.1) is 0 Å². The summed E-state index contributed by atoms with van der Waals surface area (Å²) < 4.78 is 13.0. The van der Waals surface area contributed by atoms with Crippen molar-refractivity contribution < 1.29 is 14.1 Å². The third-order valence-electron chi connectivity index (χ3n) is 4.75. The van der Waals surface area contributed by atoms with Gasteiger partial charge in [0.1, 0.15) is 23.2 Å². The number of nitrogens with one attached hydrogen (secondary N) is 1. The number of hydrogen-bond donors (Lipinski definition) is 1. The van der Waals surface area contributed by atoms with E-state index in [0.717, 1.165) is 24.4 Å². The van der Waals surface area contributed by atoms with Crippen LogP contribution in [0.2, 0.25) is 0 Å². The molecule has 3 aromatic heterocycles. The van der Waals surface area contributed by atoms with Crippen molar-refractivity contribution in [1.82, 2.24) is 19.7 Å². The van der Waals surface area contributed by atoms with Crippen LogP contribution in [0.25, 0.3) is 5.82 Å². The van der Waals surface area contributed by atoms with Crippen molar-refractivity contribution in [3.8, 4) is 17.4 Å². The molecule has 1 fully saturated rings. The predicted molar refractivity (Wildman–Crippen MR) is 109 cm³/mol. The highest BCUT2D eigenvalue weighted by Gasteiger charge is 2.28. The fourth-order valence-electron chi connectivity index (χ4n) is 3.08. The Kier molecular flexibility index (Phi) is 4.51. The third kappa shape index (κ3) is 3.93. The second-order valence-electron chi connectivity index (χ2n) is 7.17. The number of benzene rings is 1. The van der Waals surface area contributed by atoms with Crippen LogP contribution in [-0.2, 0) is 0 Å². The summed E-state index contributed by atoms with van der Waals surface area (Å²) in [4.78, 5) is 21.1. The molecular formula is C22H19N5O3. The topological polar surface area (TPSA) is 95.1 Å². The molecule has 0 bridgehead atoms. The van der Waals surface area contributed by atoms with Crippen LogP contribution >= 0.6 is 0 Å². The number of ether oxygens (including phenoxy) is 1. The Morgan fingerprint density at radius 2 is 1.90 bits per heavy atom. The van der Waals surface area contributed by atoms with Gasteiger partial charge in [-0.25, -0.2) is 4.98 Å². The maximum Gasteiger partial charge on any atom is 0.277 e. The molecular weight excluding hydrogens is 382 g/mol. The maximum atomic E-state index is 12.3. The summed E-state index contributed by atoms with van der Waals surface area (Å²) in [6.07, 6.45) is 6.00. The van der Waals surface area contributed by atoms with Crippen molar-refractivity contribution in [2.24, 2.45) is 0 Å². The van der Waals surface area contributed by atoms with Gasteiger partial charge in [0.2, 0.25) is 5.88 Å². The van der Waals surface area contributed by atoms with E-state index >= 15 is 0 Å². The zero-order valence-electron chi connectivity index (χ0n) is 16.3. The van der Waals surface area contributed by atoms with Crippen LogP contribution in [0, 0.1) is 6.92 Å². The van der Waals surface area contributed by atoms with E-state index in [4.69, 9.17) is 9.26 Å². The molecule has 0 aliphatic heterocycles. The molecule has 4 aromatic rings. The van der Waals surface area contributed by atoms with Gasteiger partial charge < -0.3 is 19.1 Å². The Hall–Kier alpha value is -3.94. The second kappa shape index (κ2) is 7.47. The Labute approximate surface area is 172 Å². The standard InChI is InChI=1S/C22H19N5O3/c1-14-23-20(27-10-2-3-11-27)13-21(24-14)29-17-8-6-16(7-9-17)25-22(28)18-12-19(30-26-18)15-4-5-15/h2-3,6-13,15H,4-5H2,1H3,(H,25,28). The van der Waals surface area contributed by atoms with E-state index in [2.05, 4.69) is 20.4 Å². The minimum atomic E-state index is -0.304. The summed E-state index contributed by atoms with van der Waals surface area (Å²) in [6, 6.07) is 14.4. The normalized spacial score (nSPS) is 13.2. The molecule has 0 spiro atoms. The van der Waals surface area contributed by atoms with Gasteiger partial charge in [-0.05, 0) is 56.2 Å². The second-order valence-corrected chi connectivity index (χ2v) is 7.17. The van der Waals surface area contributed by atoms with Gasteiger partial charge in [-0.2, -0.15) is 4.98 Å². The molecule has 150 valence electrons. The minimum Gasteiger partial charge on any atom is -0.439 e. The lowest BCUT2D eigenvalue weighted by Crippen LogP contribution is -2.12. The van der Waals surface area contributed by atoms with Crippen LogP contribution in [0.5, 0.6) is 11.6 Å². The molecule has 0 atom stereocenters. The van der Waals surface area contributed by atoms with Gasteiger partial charge >= 0.3 is 0 Å². The molecule has 5 rings (SSSR count). The molecule has 0 saturated heterocycles. The summed E-state index contributed by atoms with van der Waals surface area (Å²) in [7, 11) is 0. The summed E-state index contributed by atoms with van der Waals surface area (Å²) in [6.45, 7) is 1.82. The van der Waals surface area contributed by atoms with E-state index in [-0.39, 0.29) is 11.6 Å². The number of amides is 1. The van der Waals surface area contributed by atoms with Crippen LogP contribution in [0.3, 0.4) is 0 Å². The summed E-state index contributed by atoms with van der Waals surface area (Å²) in [5.41, 5.74) is 0.918. The predicted octanol–water partition coefficient (Wildman–Crippen LogP) is 4.49. The van der Waals surface area contributed by atoms with E-state index in [0.29, 0.717) is 29.1 Å². The molecule has 0 unspecified atom stereocenters. The molecule has 0 radical (unpaired) electrons. The molecule has 1 aliphatic rings. The van der Waals surface area contributed by atoms with Crippen molar-refractivity contribution in [3.63, 3.8) is 0 Å². The van der Waals surface area contributed by atoms with Crippen molar-refractivity contribution >= 4 is 11.6 Å². The van der Waals surface area contributed by atoms with E-state index in [1.807, 2.05) is 36.0 Å². The Bertz CT molecular complexity index is 1180. The fourth-order valence-corrected chi connectivity index (χ4v) is 3.08. The largest absolute Gasteiger partial charge is 0.439 e. The first-order valence-corrected chi connectivity index (χ1v) is 9.69. The molecule has 3 heterocycles. The highest BCUT2D eigenvalue weighted by atomic mass is 16.5. The lowest BCUT2D eigenvalue weighted by Gasteiger charge is -2.09. The molecule has 1 aromatic carbocycles. The molecule has 8 nitrogen and oxygen atoms in total. The van der Waals surface area contributed by atoms with Gasteiger partial charge in [-0.15, -0.1) is 0 Å². The monoisotopic (exact) mass is 401 g/mol. The molecule has 30 heavy (non-hydrogen) atoms. The molecule has 1 amide bonds. The smallest absolute Gasteiger partial charge is 0.277 e. The molecule has 8 heteroatoms. The highest BCUT2D eigenvalue weighted by molar-refractivity contribution is 6.02. The van der Waals surface area contributed by atoms with Crippen LogP contribution in [-0.4, -0.2) is 25.6 Å². The third-order valence-corrected chi connectivity index (χ3v) is 4.75. The lowest BCUT2D eigenvalue weighted by molar-refractivity contribution is 0.101. The number of aromatic nitrogens is 4. The zero-order valence-corrected chi connectivity index (χ0v) is 16.3. The molecule has 1 saturated carbocycles. The number of carbonyl (C=O) groups is 1. The zero-order chi connectivity index (χ0) is 20.5. The first-order chi connectivity index (χ1) is 14.6. The van der Waals surface area contributed by atoms with E-state index < -0.39 is 0 Å². The van der Waals surface area contributed by atoms with Crippen molar-refractivity contribution in [2.45, 2.75) is 25.7 Å². The number of hydrogen-bond acceptors (Lipinski definition) is 6. The minimum absolute atomic E-state index is 0.284. The number of aryl methyl sites for hydroxylation is 1. The average molecular weight is 401 g/mol. The molecule has 1 N–H and O–H groups in total. The van der Waals surface area contributed by atoms with Crippen molar-refractivity contribution in [2.75, 3.05) is 5.32 Å². The van der Waals surface area contributed by atoms with Gasteiger partial charge in [-0.3, -0.25) is 4.79 Å². The van der Waals surface area contributed by atoms with Gasteiger partial charge in [0, 0.05) is 36.1 Å². The van der Waals surface area contributed by atoms with Crippen LogP contribution in [0.1, 0.15) is 40.8 Å². The van der Waals surface area contributed by atoms with Gasteiger partial charge in [-0.1, -0.05) is 5.16 Å². The average Bonchev–Trinajstić information content (AvgIpc) is 3.23. The van der Waals surface area contributed by atoms with Gasteiger partial charge in [0.15, 0.2) is 5.69 Å². The maximum absolute atomic E-state index is 12.3. The quantitative estimate of drug-likeness (QED) is 0.512. The Morgan fingerprint density at radius 3 is 2.63 bits per heavy atom. The summed E-state index contributed by atoms with van der Waals surface area (Å²) >= 11 is 0. The first kappa shape index (κ1) is 18.1. The molecule has 1 aliphatic carbocycles. The summed E-state index contributed by atoms with van der Waals surface area (Å²) in [5.74, 6) is 3.27. The first-order valence-electron chi connectivity index (χ1n) is 9.69. The van der Waals surface area contributed by atoms with E-state index in [1.165, 1.54) is 0 Å². The summed E-state index contributed by atoms with van der Waals surface area (Å²) in [5, 5.41) is 6.67. The van der Waals surface area contributed by atoms with Crippen molar-refractivity contribution in [1.29, 1.82) is 0 Å². The van der Waals surface area contributed by atoms with Crippen molar-refractivity contribution in [3.05, 3.63) is 78.2 Å². The van der Waals surface area contributed by atoms with Crippen LogP contribution in [0.4, 0.5) is 5.69 Å². The lowest BCUT2D eigenvalue weighted by atomic mass is 10.2. The Balaban J connectivity index is 1.26. The van der Waals surface area contributed by atoms with E-state index in [9.17, 15) is 4.79 Å². The number of carbonyl (C=O) groups excluding carboxylic acids is 1. The Morgan fingerprint density at radius 1 is 1.13 bits per heavy atom. The SMILES string of the molecule is Cc1nc(Oc2ccc(NC(=O)c3cc(C4CC4)on3)cc2)cc(-n2cccc2)n1. The highest BCUT2D eigenvalue weighted by Crippen LogP contribution is 2.40. The number of anilines is 1. The number of rotatable bonds is 6. The fraction of sp³-hybridized carbons (Fsp3) is 0.182. The van der Waals surface area contributed by atoms with E-state index in [1.54, 1.807) is 36.4 Å². The number of nitrogens with zero attached hydrogens (tertiary/aromatic N) is 4. The van der Waals surface area contributed by atoms with Crippen LogP contribution in [0.15, 0.2) is 65.4 Å². The van der Waals surface area contributed by atoms with Crippen LogP contribution < -0.4 is 10.1 Å². The van der Waals surface area contributed by atoms with Gasteiger partial charge in [0.25, 0.3) is 5.91 Å².